The van der Waals surface area contributed by atoms with Crippen molar-refractivity contribution >= 4 is 12.0 Å². The summed E-state index contributed by atoms with van der Waals surface area (Å²) in [6.45, 7) is 7.65. The number of cyclic esters (lactones) is 1. The zero-order chi connectivity index (χ0) is 18.9. The normalized spacial score (nSPS) is 19.1. The zero-order valence-corrected chi connectivity index (χ0v) is 15.7. The van der Waals surface area contributed by atoms with Gasteiger partial charge in [0.1, 0.15) is 0 Å². The molecule has 1 aliphatic heterocycles. The van der Waals surface area contributed by atoms with Crippen molar-refractivity contribution in [1.82, 2.24) is 4.90 Å². The van der Waals surface area contributed by atoms with Crippen LogP contribution in [0.2, 0.25) is 0 Å². The van der Waals surface area contributed by atoms with Crippen LogP contribution >= 0.6 is 0 Å². The number of carbonyl (C=O) groups is 2. The van der Waals surface area contributed by atoms with Crippen molar-refractivity contribution in [3.8, 4) is 0 Å². The van der Waals surface area contributed by atoms with Crippen molar-refractivity contribution < 1.29 is 14.3 Å². The molecule has 0 bridgehead atoms. The summed E-state index contributed by atoms with van der Waals surface area (Å²) in [5.41, 5.74) is 0.729. The first-order chi connectivity index (χ1) is 12.4. The van der Waals surface area contributed by atoms with E-state index in [1.807, 2.05) is 74.5 Å². The molecule has 3 rings (SSSR count). The molecule has 1 fully saturated rings. The number of rotatable bonds is 4. The summed E-state index contributed by atoms with van der Waals surface area (Å²) in [5, 5.41) is 0. The Bertz CT molecular complexity index is 744. The fourth-order valence-electron chi connectivity index (χ4n) is 3.81. The highest BCUT2D eigenvalue weighted by Crippen LogP contribution is 2.47. The molecule has 2 aromatic carbocycles. The molecule has 136 valence electrons. The summed E-state index contributed by atoms with van der Waals surface area (Å²) < 4.78 is 6.05. The number of carbonyl (C=O) groups excluding carboxylic acids is 2. The van der Waals surface area contributed by atoms with Gasteiger partial charge in [0.15, 0.2) is 5.60 Å². The van der Waals surface area contributed by atoms with Crippen LogP contribution in [0.4, 0.5) is 4.79 Å². The molecule has 0 radical (unpaired) electrons. The summed E-state index contributed by atoms with van der Waals surface area (Å²) in [4.78, 5) is 27.1. The number of amides is 2. The largest absolute Gasteiger partial charge is 0.430 e. The fourth-order valence-corrected chi connectivity index (χ4v) is 3.81. The number of ether oxygens (including phenoxy) is 1. The van der Waals surface area contributed by atoms with Crippen molar-refractivity contribution in [2.75, 3.05) is 0 Å². The molecule has 2 aromatic rings. The lowest BCUT2D eigenvalue weighted by molar-refractivity contribution is -0.133. The van der Waals surface area contributed by atoms with E-state index in [1.54, 1.807) is 13.8 Å². The maximum Gasteiger partial charge on any atom is 0.418 e. The minimum Gasteiger partial charge on any atom is -0.430 e. The Labute approximate surface area is 154 Å². The third-order valence-corrected chi connectivity index (χ3v) is 4.91. The van der Waals surface area contributed by atoms with Crippen molar-refractivity contribution in [1.29, 1.82) is 0 Å². The third kappa shape index (κ3) is 2.79. The number of imide groups is 1. The van der Waals surface area contributed by atoms with Crippen molar-refractivity contribution in [2.45, 2.75) is 39.3 Å². The smallest absolute Gasteiger partial charge is 0.418 e. The quantitative estimate of drug-likeness (QED) is 0.809. The molecular weight excluding hydrogens is 326 g/mol. The summed E-state index contributed by atoms with van der Waals surface area (Å²) in [6, 6.07) is 19.0. The lowest BCUT2D eigenvalue weighted by Gasteiger charge is -2.37. The van der Waals surface area contributed by atoms with Gasteiger partial charge in [0.2, 0.25) is 5.91 Å². The molecule has 1 heterocycles. The monoisotopic (exact) mass is 351 g/mol. The van der Waals surface area contributed by atoms with Gasteiger partial charge >= 0.3 is 6.09 Å². The molecule has 26 heavy (non-hydrogen) atoms. The predicted octanol–water partition coefficient (Wildman–Crippen LogP) is 4.59. The molecule has 4 heteroatoms. The minimum absolute atomic E-state index is 0.0181. The molecule has 1 atom stereocenters. The Morgan fingerprint density at radius 3 is 1.77 bits per heavy atom. The summed E-state index contributed by atoms with van der Waals surface area (Å²) in [6.07, 6.45) is -0.574. The van der Waals surface area contributed by atoms with E-state index in [9.17, 15) is 9.59 Å². The molecule has 0 aliphatic carbocycles. The van der Waals surface area contributed by atoms with Crippen LogP contribution in [0.3, 0.4) is 0 Å². The summed E-state index contributed by atoms with van der Waals surface area (Å²) >= 11 is 0. The SMILES string of the molecule is CC(C)C(=O)N1C(=O)OC(c2ccccc2)(c2ccccc2)[C@@H]1C(C)C. The number of hydrogen-bond donors (Lipinski definition) is 0. The van der Waals surface area contributed by atoms with Gasteiger partial charge in [-0.1, -0.05) is 88.4 Å². The first-order valence-corrected chi connectivity index (χ1v) is 9.06. The van der Waals surface area contributed by atoms with Gasteiger partial charge in [-0.15, -0.1) is 0 Å². The second-order valence-corrected chi connectivity index (χ2v) is 7.39. The topological polar surface area (TPSA) is 46.6 Å². The Balaban J connectivity index is 2.27. The van der Waals surface area contributed by atoms with E-state index >= 15 is 0 Å². The molecular formula is C22H25NO3. The number of nitrogens with zero attached hydrogens (tertiary/aromatic N) is 1. The fraction of sp³-hybridized carbons (Fsp3) is 0.364. The van der Waals surface area contributed by atoms with Gasteiger partial charge in [-0.2, -0.15) is 0 Å². The Morgan fingerprint density at radius 1 is 0.923 bits per heavy atom. The maximum absolute atomic E-state index is 12.9. The predicted molar refractivity (Wildman–Crippen MR) is 100 cm³/mol. The second-order valence-electron chi connectivity index (χ2n) is 7.39. The van der Waals surface area contributed by atoms with Crippen LogP contribution in [-0.2, 0) is 15.1 Å². The Hall–Kier alpha value is -2.62. The van der Waals surface area contributed by atoms with E-state index in [0.29, 0.717) is 0 Å². The average molecular weight is 351 g/mol. The molecule has 0 saturated carbocycles. The van der Waals surface area contributed by atoms with E-state index in [1.165, 1.54) is 4.90 Å². The first kappa shape index (κ1) is 18.2. The van der Waals surface area contributed by atoms with Crippen LogP contribution in [0, 0.1) is 11.8 Å². The van der Waals surface area contributed by atoms with E-state index in [-0.39, 0.29) is 17.7 Å². The highest BCUT2D eigenvalue weighted by molar-refractivity contribution is 5.95. The highest BCUT2D eigenvalue weighted by atomic mass is 16.6. The lowest BCUT2D eigenvalue weighted by Crippen LogP contribution is -2.50. The van der Waals surface area contributed by atoms with Gasteiger partial charge in [0, 0.05) is 17.0 Å². The van der Waals surface area contributed by atoms with Crippen molar-refractivity contribution in [3.05, 3.63) is 71.8 Å². The van der Waals surface area contributed by atoms with Gasteiger partial charge < -0.3 is 4.74 Å². The first-order valence-electron chi connectivity index (χ1n) is 9.06. The minimum atomic E-state index is -1.02. The second kappa shape index (κ2) is 6.94. The summed E-state index contributed by atoms with van der Waals surface area (Å²) in [7, 11) is 0. The van der Waals surface area contributed by atoms with E-state index in [4.69, 9.17) is 4.74 Å². The van der Waals surface area contributed by atoms with E-state index in [0.717, 1.165) is 11.1 Å². The lowest BCUT2D eigenvalue weighted by atomic mass is 9.75. The zero-order valence-electron chi connectivity index (χ0n) is 15.7. The molecule has 1 aliphatic rings. The highest BCUT2D eigenvalue weighted by Gasteiger charge is 2.59. The molecule has 2 amide bonds. The summed E-state index contributed by atoms with van der Waals surface area (Å²) in [5.74, 6) is -0.474. The molecule has 1 saturated heterocycles. The van der Waals surface area contributed by atoms with E-state index in [2.05, 4.69) is 0 Å². The Kier molecular flexibility index (Phi) is 4.86. The Morgan fingerprint density at radius 2 is 1.38 bits per heavy atom. The number of hydrogen-bond acceptors (Lipinski definition) is 3. The average Bonchev–Trinajstić information content (AvgIpc) is 2.96. The van der Waals surface area contributed by atoms with Gasteiger partial charge in [0.25, 0.3) is 0 Å². The molecule has 0 aromatic heterocycles. The van der Waals surface area contributed by atoms with Gasteiger partial charge in [-0.3, -0.25) is 4.79 Å². The van der Waals surface area contributed by atoms with Gasteiger partial charge in [-0.05, 0) is 5.92 Å². The molecule has 0 spiro atoms. The molecule has 4 nitrogen and oxygen atoms in total. The van der Waals surface area contributed by atoms with Gasteiger partial charge in [0.05, 0.1) is 6.04 Å². The maximum atomic E-state index is 12.9. The van der Waals surface area contributed by atoms with Gasteiger partial charge in [-0.25, -0.2) is 9.69 Å². The van der Waals surface area contributed by atoms with E-state index < -0.39 is 17.7 Å². The third-order valence-electron chi connectivity index (χ3n) is 4.91. The van der Waals surface area contributed by atoms with Crippen LogP contribution in [0.5, 0.6) is 0 Å². The van der Waals surface area contributed by atoms with Crippen LogP contribution < -0.4 is 0 Å². The standard InChI is InChI=1S/C22H25NO3/c1-15(2)19-22(17-11-7-5-8-12-17,18-13-9-6-10-14-18)26-21(25)23(19)20(24)16(3)4/h5-16,19H,1-4H3/t19-/m0/s1. The van der Waals surface area contributed by atoms with Crippen LogP contribution in [-0.4, -0.2) is 22.9 Å². The molecule has 0 unspecified atom stereocenters. The number of benzene rings is 2. The molecule has 0 N–H and O–H groups in total. The van der Waals surface area contributed by atoms with Crippen LogP contribution in [0.25, 0.3) is 0 Å². The van der Waals surface area contributed by atoms with Crippen LogP contribution in [0.15, 0.2) is 60.7 Å². The van der Waals surface area contributed by atoms with Crippen molar-refractivity contribution in [3.63, 3.8) is 0 Å². The van der Waals surface area contributed by atoms with Crippen LogP contribution in [0.1, 0.15) is 38.8 Å². The van der Waals surface area contributed by atoms with Crippen molar-refractivity contribution in [2.24, 2.45) is 11.8 Å².